The van der Waals surface area contributed by atoms with Gasteiger partial charge >= 0.3 is 0 Å². The Balaban J connectivity index is 0.00000200. The first-order valence-electron chi connectivity index (χ1n) is 7.00. The summed E-state index contributed by atoms with van der Waals surface area (Å²) in [6.45, 7) is 5.17. The highest BCUT2D eigenvalue weighted by Gasteiger charge is 2.34. The average molecular weight is 362 g/mol. The van der Waals surface area contributed by atoms with Crippen LogP contribution in [0.3, 0.4) is 0 Å². The molecule has 1 fully saturated rings. The van der Waals surface area contributed by atoms with E-state index in [1.807, 2.05) is 23.5 Å². The molecular formula is C14H24BrN3OS. The second-order valence-electron chi connectivity index (χ2n) is 5.53. The fourth-order valence-corrected chi connectivity index (χ4v) is 3.49. The Morgan fingerprint density at radius 1 is 1.60 bits per heavy atom. The van der Waals surface area contributed by atoms with Crippen molar-refractivity contribution in [3.8, 4) is 0 Å². The van der Waals surface area contributed by atoms with Crippen LogP contribution in [-0.2, 0) is 4.79 Å². The zero-order valence-corrected chi connectivity index (χ0v) is 14.9. The molecule has 1 aromatic rings. The molecule has 2 heterocycles. The smallest absolute Gasteiger partial charge is 0.240 e. The summed E-state index contributed by atoms with van der Waals surface area (Å²) in [5, 5.41) is 6.23. The van der Waals surface area contributed by atoms with Gasteiger partial charge < -0.3 is 10.2 Å². The minimum Gasteiger partial charge on any atom is -0.332 e. The summed E-state index contributed by atoms with van der Waals surface area (Å²) in [5.74, 6) is 0.746. The first-order chi connectivity index (χ1) is 9.13. The van der Waals surface area contributed by atoms with Gasteiger partial charge in [-0.05, 0) is 32.2 Å². The molecule has 0 radical (unpaired) electrons. The number of carbonyl (C=O) groups excluding carboxylic acids is 1. The normalized spacial score (nSPS) is 20.0. The van der Waals surface area contributed by atoms with Crippen LogP contribution in [0.25, 0.3) is 0 Å². The second kappa shape index (κ2) is 8.10. The molecule has 1 saturated heterocycles. The molecule has 1 aliphatic heterocycles. The lowest BCUT2D eigenvalue weighted by atomic mass is 10.0. The van der Waals surface area contributed by atoms with E-state index in [1.54, 1.807) is 11.3 Å². The molecule has 0 spiro atoms. The van der Waals surface area contributed by atoms with Crippen molar-refractivity contribution in [3.63, 3.8) is 0 Å². The number of likely N-dealkylation sites (tertiary alicyclic amines) is 1. The number of thiazole rings is 1. The van der Waals surface area contributed by atoms with Crippen LogP contribution in [0.2, 0.25) is 0 Å². The molecular weight excluding hydrogens is 338 g/mol. The van der Waals surface area contributed by atoms with Crippen molar-refractivity contribution in [1.29, 1.82) is 0 Å². The fourth-order valence-electron chi connectivity index (χ4n) is 2.70. The SMILES string of the molecule is Br.CN[C@@H](CC(C)C)C(=O)N1CCC[C@H]1c1nccs1. The van der Waals surface area contributed by atoms with Crippen molar-refractivity contribution in [2.75, 3.05) is 13.6 Å². The Hall–Kier alpha value is -0.460. The highest BCUT2D eigenvalue weighted by molar-refractivity contribution is 8.93. The number of halogens is 1. The molecule has 114 valence electrons. The minimum atomic E-state index is -0.0689. The van der Waals surface area contributed by atoms with Gasteiger partial charge in [0.1, 0.15) is 5.01 Å². The minimum absolute atomic E-state index is 0. The predicted molar refractivity (Wildman–Crippen MR) is 88.4 cm³/mol. The maximum atomic E-state index is 12.7. The molecule has 1 amide bonds. The summed E-state index contributed by atoms with van der Waals surface area (Å²) in [4.78, 5) is 19.1. The molecule has 0 aliphatic carbocycles. The van der Waals surface area contributed by atoms with Crippen molar-refractivity contribution < 1.29 is 4.79 Å². The van der Waals surface area contributed by atoms with Crippen LogP contribution in [0.15, 0.2) is 11.6 Å². The number of amides is 1. The quantitative estimate of drug-likeness (QED) is 0.876. The van der Waals surface area contributed by atoms with E-state index in [2.05, 4.69) is 24.1 Å². The van der Waals surface area contributed by atoms with Crippen molar-refractivity contribution in [1.82, 2.24) is 15.2 Å². The van der Waals surface area contributed by atoms with Gasteiger partial charge in [0.25, 0.3) is 0 Å². The van der Waals surface area contributed by atoms with Gasteiger partial charge in [-0.15, -0.1) is 28.3 Å². The molecule has 1 N–H and O–H groups in total. The first-order valence-corrected chi connectivity index (χ1v) is 7.88. The maximum absolute atomic E-state index is 12.7. The molecule has 0 aromatic carbocycles. The van der Waals surface area contributed by atoms with Gasteiger partial charge in [0.15, 0.2) is 0 Å². The fraction of sp³-hybridized carbons (Fsp3) is 0.714. The molecule has 0 saturated carbocycles. The lowest BCUT2D eigenvalue weighted by molar-refractivity contribution is -0.134. The predicted octanol–water partition coefficient (Wildman–Crippen LogP) is 3.02. The van der Waals surface area contributed by atoms with Crippen LogP contribution >= 0.6 is 28.3 Å². The van der Waals surface area contributed by atoms with Crippen LogP contribution in [0.1, 0.15) is 44.2 Å². The van der Waals surface area contributed by atoms with Gasteiger partial charge in [-0.2, -0.15) is 0 Å². The van der Waals surface area contributed by atoms with Gasteiger partial charge in [0.2, 0.25) is 5.91 Å². The standard InChI is InChI=1S/C14H23N3OS.BrH/c1-10(2)9-11(15-3)14(18)17-7-4-5-12(17)13-16-6-8-19-13;/h6,8,10-12,15H,4-5,7,9H2,1-3H3;1H/t11-,12-;/m0./s1. The van der Waals surface area contributed by atoms with Crippen LogP contribution in [0, 0.1) is 5.92 Å². The number of hydrogen-bond donors (Lipinski definition) is 1. The van der Waals surface area contributed by atoms with Crippen molar-refractivity contribution in [2.24, 2.45) is 5.92 Å². The van der Waals surface area contributed by atoms with Crippen molar-refractivity contribution in [2.45, 2.75) is 45.2 Å². The van der Waals surface area contributed by atoms with Gasteiger partial charge in [0.05, 0.1) is 12.1 Å². The van der Waals surface area contributed by atoms with Gasteiger partial charge in [-0.25, -0.2) is 4.98 Å². The van der Waals surface area contributed by atoms with Crippen LogP contribution in [0.5, 0.6) is 0 Å². The summed E-state index contributed by atoms with van der Waals surface area (Å²) in [7, 11) is 1.87. The monoisotopic (exact) mass is 361 g/mol. The lowest BCUT2D eigenvalue weighted by Gasteiger charge is -2.28. The van der Waals surface area contributed by atoms with Crippen LogP contribution < -0.4 is 5.32 Å². The van der Waals surface area contributed by atoms with E-state index in [9.17, 15) is 4.79 Å². The number of hydrogen-bond acceptors (Lipinski definition) is 4. The van der Waals surface area contributed by atoms with E-state index < -0.39 is 0 Å². The van der Waals surface area contributed by atoms with E-state index >= 15 is 0 Å². The highest BCUT2D eigenvalue weighted by atomic mass is 79.9. The van der Waals surface area contributed by atoms with E-state index in [0.29, 0.717) is 5.92 Å². The van der Waals surface area contributed by atoms with E-state index in [0.717, 1.165) is 30.8 Å². The topological polar surface area (TPSA) is 45.2 Å². The number of rotatable bonds is 5. The number of nitrogens with zero attached hydrogens (tertiary/aromatic N) is 2. The van der Waals surface area contributed by atoms with Gasteiger partial charge in [0, 0.05) is 18.1 Å². The molecule has 20 heavy (non-hydrogen) atoms. The lowest BCUT2D eigenvalue weighted by Crippen LogP contribution is -2.45. The Bertz CT molecular complexity index is 411. The van der Waals surface area contributed by atoms with E-state index in [4.69, 9.17) is 0 Å². The second-order valence-corrected chi connectivity index (χ2v) is 6.46. The molecule has 6 heteroatoms. The number of nitrogens with one attached hydrogen (secondary N) is 1. The first kappa shape index (κ1) is 17.6. The Kier molecular flexibility index (Phi) is 7.12. The Morgan fingerprint density at radius 2 is 2.35 bits per heavy atom. The third kappa shape index (κ3) is 4.02. The largest absolute Gasteiger partial charge is 0.332 e. The van der Waals surface area contributed by atoms with E-state index in [1.165, 1.54) is 0 Å². The van der Waals surface area contributed by atoms with Gasteiger partial charge in [-0.1, -0.05) is 13.8 Å². The van der Waals surface area contributed by atoms with Gasteiger partial charge in [-0.3, -0.25) is 4.79 Å². The summed E-state index contributed by atoms with van der Waals surface area (Å²) in [6.07, 6.45) is 4.83. The summed E-state index contributed by atoms with van der Waals surface area (Å²) in [5.41, 5.74) is 0. The highest BCUT2D eigenvalue weighted by Crippen LogP contribution is 2.33. The molecule has 4 nitrogen and oxygen atoms in total. The van der Waals surface area contributed by atoms with Crippen molar-refractivity contribution >= 4 is 34.2 Å². The summed E-state index contributed by atoms with van der Waals surface area (Å²) < 4.78 is 0. The maximum Gasteiger partial charge on any atom is 0.240 e. The molecule has 2 rings (SSSR count). The molecule has 0 bridgehead atoms. The zero-order chi connectivity index (χ0) is 13.8. The number of aromatic nitrogens is 1. The van der Waals surface area contributed by atoms with Crippen LogP contribution in [0.4, 0.5) is 0 Å². The van der Waals surface area contributed by atoms with Crippen LogP contribution in [-0.4, -0.2) is 35.4 Å². The van der Waals surface area contributed by atoms with Crippen molar-refractivity contribution in [3.05, 3.63) is 16.6 Å². The molecule has 1 aliphatic rings. The van der Waals surface area contributed by atoms with E-state index in [-0.39, 0.29) is 35.0 Å². The zero-order valence-electron chi connectivity index (χ0n) is 12.3. The Labute approximate surface area is 135 Å². The third-order valence-electron chi connectivity index (χ3n) is 3.63. The molecule has 2 atom stereocenters. The summed E-state index contributed by atoms with van der Waals surface area (Å²) >= 11 is 1.65. The number of likely N-dealkylation sites (N-methyl/N-ethyl adjacent to an activating group) is 1. The Morgan fingerprint density at radius 3 is 2.90 bits per heavy atom. The summed E-state index contributed by atoms with van der Waals surface area (Å²) in [6, 6.07) is 0.121. The number of carbonyl (C=O) groups is 1. The molecule has 1 aromatic heterocycles. The average Bonchev–Trinajstić information content (AvgIpc) is 3.03. The third-order valence-corrected chi connectivity index (χ3v) is 4.50. The molecule has 0 unspecified atom stereocenters.